The lowest BCUT2D eigenvalue weighted by Crippen LogP contribution is -2.15. The third-order valence-corrected chi connectivity index (χ3v) is 4.92. The number of esters is 1. The van der Waals surface area contributed by atoms with E-state index in [1.54, 1.807) is 36.4 Å². The maximum atomic E-state index is 12.4. The molecule has 1 amide bonds. The number of amides is 1. The highest BCUT2D eigenvalue weighted by Crippen LogP contribution is 2.20. The monoisotopic (exact) mass is 365 g/mol. The van der Waals surface area contributed by atoms with Crippen molar-refractivity contribution in [2.45, 2.75) is 13.5 Å². The molecule has 0 aliphatic heterocycles. The first-order valence-electron chi connectivity index (χ1n) is 7.88. The molecule has 0 bridgehead atoms. The number of rotatable bonds is 3. The molecular formula is C19H15N3O3S. The number of carbonyl (C=O) groups excluding carboxylic acids is 2. The number of thiazole rings is 1. The number of hydrogen-bond donors (Lipinski definition) is 0. The van der Waals surface area contributed by atoms with Gasteiger partial charge in [0, 0.05) is 12.1 Å². The molecule has 7 heteroatoms. The zero-order valence-corrected chi connectivity index (χ0v) is 15.0. The molecule has 0 unspecified atom stereocenters. The summed E-state index contributed by atoms with van der Waals surface area (Å²) < 4.78 is 7.52. The third kappa shape index (κ3) is 3.27. The SMILES string of the molecule is CCn1c(=NC(=O)c2ccc(C#N)cc2)sc2cc(C(=O)OC)ccc21. The molecule has 3 rings (SSSR count). The topological polar surface area (TPSA) is 84.5 Å². The Kier molecular flexibility index (Phi) is 4.96. The number of carbonyl (C=O) groups is 2. The van der Waals surface area contributed by atoms with Gasteiger partial charge in [-0.25, -0.2) is 4.79 Å². The molecule has 0 fully saturated rings. The van der Waals surface area contributed by atoms with Gasteiger partial charge in [0.25, 0.3) is 5.91 Å². The molecule has 0 saturated carbocycles. The second kappa shape index (κ2) is 7.33. The highest BCUT2D eigenvalue weighted by Gasteiger charge is 2.12. The Morgan fingerprint density at radius 2 is 1.88 bits per heavy atom. The van der Waals surface area contributed by atoms with E-state index in [0.717, 1.165) is 10.2 Å². The van der Waals surface area contributed by atoms with Gasteiger partial charge in [0.2, 0.25) is 0 Å². The number of nitrogens with zero attached hydrogens (tertiary/aromatic N) is 3. The Bertz CT molecular complexity index is 1100. The maximum Gasteiger partial charge on any atom is 0.337 e. The number of aromatic nitrogens is 1. The van der Waals surface area contributed by atoms with E-state index in [0.29, 0.717) is 28.0 Å². The van der Waals surface area contributed by atoms with Gasteiger partial charge < -0.3 is 9.30 Å². The summed E-state index contributed by atoms with van der Waals surface area (Å²) in [7, 11) is 1.34. The molecule has 0 N–H and O–H groups in total. The van der Waals surface area contributed by atoms with Crippen LogP contribution in [0, 0.1) is 11.3 Å². The number of methoxy groups -OCH3 is 1. The average molecular weight is 365 g/mol. The minimum atomic E-state index is -0.407. The van der Waals surface area contributed by atoms with Gasteiger partial charge in [-0.2, -0.15) is 10.3 Å². The Morgan fingerprint density at radius 1 is 1.19 bits per heavy atom. The van der Waals surface area contributed by atoms with Crippen molar-refractivity contribution in [3.05, 3.63) is 64.0 Å². The van der Waals surface area contributed by atoms with Crippen LogP contribution in [0.3, 0.4) is 0 Å². The van der Waals surface area contributed by atoms with Crippen LogP contribution < -0.4 is 4.80 Å². The predicted molar refractivity (Wildman–Crippen MR) is 97.9 cm³/mol. The van der Waals surface area contributed by atoms with E-state index in [1.165, 1.54) is 18.4 Å². The van der Waals surface area contributed by atoms with Gasteiger partial charge in [-0.3, -0.25) is 4.79 Å². The molecule has 3 aromatic rings. The lowest BCUT2D eigenvalue weighted by Gasteiger charge is -2.02. The fraction of sp³-hybridized carbons (Fsp3) is 0.158. The minimum Gasteiger partial charge on any atom is -0.465 e. The van der Waals surface area contributed by atoms with Crippen LogP contribution in [0.5, 0.6) is 0 Å². The zero-order chi connectivity index (χ0) is 18.7. The van der Waals surface area contributed by atoms with E-state index >= 15 is 0 Å². The molecule has 26 heavy (non-hydrogen) atoms. The van der Waals surface area contributed by atoms with Crippen LogP contribution in [0.4, 0.5) is 0 Å². The predicted octanol–water partition coefficient (Wildman–Crippen LogP) is 3.12. The van der Waals surface area contributed by atoms with Crippen LogP contribution in [-0.4, -0.2) is 23.6 Å². The highest BCUT2D eigenvalue weighted by molar-refractivity contribution is 7.16. The quantitative estimate of drug-likeness (QED) is 0.668. The minimum absolute atomic E-state index is 0.378. The average Bonchev–Trinajstić information content (AvgIpc) is 3.03. The van der Waals surface area contributed by atoms with Crippen molar-refractivity contribution in [3.8, 4) is 6.07 Å². The van der Waals surface area contributed by atoms with E-state index in [1.807, 2.05) is 23.6 Å². The van der Waals surface area contributed by atoms with Gasteiger partial charge in [0.05, 0.1) is 34.5 Å². The summed E-state index contributed by atoms with van der Waals surface area (Å²) in [5.41, 5.74) is 2.26. The number of nitriles is 1. The Labute approximate surface area is 153 Å². The van der Waals surface area contributed by atoms with E-state index in [-0.39, 0.29) is 5.91 Å². The normalized spacial score (nSPS) is 11.3. The van der Waals surface area contributed by atoms with Crippen LogP contribution in [0.2, 0.25) is 0 Å². The number of fused-ring (bicyclic) bond motifs is 1. The van der Waals surface area contributed by atoms with Crippen molar-refractivity contribution < 1.29 is 14.3 Å². The maximum absolute atomic E-state index is 12.4. The number of ether oxygens (including phenoxy) is 1. The van der Waals surface area contributed by atoms with E-state index in [4.69, 9.17) is 10.00 Å². The molecular weight excluding hydrogens is 350 g/mol. The summed E-state index contributed by atoms with van der Waals surface area (Å²) in [5, 5.41) is 8.84. The van der Waals surface area contributed by atoms with Gasteiger partial charge in [0.1, 0.15) is 0 Å². The third-order valence-electron chi connectivity index (χ3n) is 3.88. The first kappa shape index (κ1) is 17.6. The van der Waals surface area contributed by atoms with Crippen molar-refractivity contribution in [2.75, 3.05) is 7.11 Å². The van der Waals surface area contributed by atoms with Gasteiger partial charge in [-0.15, -0.1) is 0 Å². The molecule has 1 heterocycles. The van der Waals surface area contributed by atoms with Crippen molar-refractivity contribution in [1.82, 2.24) is 4.57 Å². The van der Waals surface area contributed by atoms with Gasteiger partial charge in [-0.1, -0.05) is 11.3 Å². The molecule has 6 nitrogen and oxygen atoms in total. The number of aryl methyl sites for hydroxylation is 1. The molecule has 0 radical (unpaired) electrons. The second-order valence-corrected chi connectivity index (χ2v) is 6.42. The molecule has 2 aromatic carbocycles. The molecule has 0 aliphatic carbocycles. The van der Waals surface area contributed by atoms with E-state index < -0.39 is 5.97 Å². The van der Waals surface area contributed by atoms with Crippen molar-refractivity contribution in [3.63, 3.8) is 0 Å². The summed E-state index contributed by atoms with van der Waals surface area (Å²) in [6.07, 6.45) is 0. The molecule has 0 atom stereocenters. The first-order valence-corrected chi connectivity index (χ1v) is 8.70. The van der Waals surface area contributed by atoms with Crippen LogP contribution in [0.1, 0.15) is 33.2 Å². The second-order valence-electron chi connectivity index (χ2n) is 5.41. The van der Waals surface area contributed by atoms with Crippen LogP contribution in [0.15, 0.2) is 47.5 Å². The highest BCUT2D eigenvalue weighted by atomic mass is 32.1. The molecule has 0 saturated heterocycles. The summed E-state index contributed by atoms with van der Waals surface area (Å²) in [6, 6.07) is 13.6. The van der Waals surface area contributed by atoms with Crippen molar-refractivity contribution in [1.29, 1.82) is 5.26 Å². The van der Waals surface area contributed by atoms with Crippen LogP contribution in [-0.2, 0) is 11.3 Å². The summed E-state index contributed by atoms with van der Waals surface area (Å²) in [6.45, 7) is 2.60. The smallest absolute Gasteiger partial charge is 0.337 e. The largest absolute Gasteiger partial charge is 0.465 e. The summed E-state index contributed by atoms with van der Waals surface area (Å²) >= 11 is 1.34. The zero-order valence-electron chi connectivity index (χ0n) is 14.2. The lowest BCUT2D eigenvalue weighted by molar-refractivity contribution is 0.0601. The Balaban J connectivity index is 2.07. The van der Waals surface area contributed by atoms with Crippen LogP contribution >= 0.6 is 11.3 Å². The Morgan fingerprint density at radius 3 is 2.50 bits per heavy atom. The van der Waals surface area contributed by atoms with Crippen LogP contribution in [0.25, 0.3) is 10.2 Å². The number of benzene rings is 2. The lowest BCUT2D eigenvalue weighted by atomic mass is 10.1. The molecule has 0 aliphatic rings. The van der Waals surface area contributed by atoms with E-state index in [9.17, 15) is 9.59 Å². The molecule has 1 aromatic heterocycles. The van der Waals surface area contributed by atoms with E-state index in [2.05, 4.69) is 4.99 Å². The first-order chi connectivity index (χ1) is 12.6. The molecule has 0 spiro atoms. The summed E-state index contributed by atoms with van der Waals surface area (Å²) in [5.74, 6) is -0.785. The van der Waals surface area contributed by atoms with Gasteiger partial charge in [-0.05, 0) is 49.4 Å². The number of hydrogen-bond acceptors (Lipinski definition) is 5. The fourth-order valence-corrected chi connectivity index (χ4v) is 3.68. The van der Waals surface area contributed by atoms with Crippen molar-refractivity contribution in [2.24, 2.45) is 4.99 Å². The van der Waals surface area contributed by atoms with Gasteiger partial charge in [0.15, 0.2) is 4.80 Å². The van der Waals surface area contributed by atoms with Gasteiger partial charge >= 0.3 is 5.97 Å². The molecule has 130 valence electrons. The summed E-state index contributed by atoms with van der Waals surface area (Å²) in [4.78, 5) is 28.9. The fourth-order valence-electron chi connectivity index (χ4n) is 2.55. The standard InChI is InChI=1S/C19H15N3O3S/c1-3-22-15-9-8-14(18(24)25-2)10-16(15)26-19(22)21-17(23)13-6-4-12(11-20)5-7-13/h4-10H,3H2,1-2H3. The van der Waals surface area contributed by atoms with Crippen molar-refractivity contribution >= 4 is 33.4 Å². The Hall–Kier alpha value is -3.24.